The number of thiophene rings is 1. The molecule has 0 fully saturated rings. The minimum atomic E-state index is 0.0458. The fraction of sp³-hybridized carbons (Fsp3) is 0.348. The monoisotopic (exact) mass is 437 g/mol. The zero-order chi connectivity index (χ0) is 22.0. The molecule has 1 aliphatic heterocycles. The van der Waals surface area contributed by atoms with E-state index < -0.39 is 0 Å². The molecule has 4 rings (SSSR count). The van der Waals surface area contributed by atoms with Gasteiger partial charge < -0.3 is 20.2 Å². The number of phenolic OH excluding ortho intramolecular Hbond substituents is 1. The van der Waals surface area contributed by atoms with Gasteiger partial charge in [-0.2, -0.15) is 0 Å². The van der Waals surface area contributed by atoms with Crippen molar-refractivity contribution in [1.29, 1.82) is 0 Å². The Bertz CT molecular complexity index is 1120. The second kappa shape index (κ2) is 9.03. The first-order valence-corrected chi connectivity index (χ1v) is 11.2. The van der Waals surface area contributed by atoms with Gasteiger partial charge in [0.15, 0.2) is 0 Å². The molecular weight excluding hydrogens is 410 g/mol. The third kappa shape index (κ3) is 4.70. The minimum absolute atomic E-state index is 0.0458. The summed E-state index contributed by atoms with van der Waals surface area (Å²) in [6.07, 6.45) is 5.94. The maximum atomic E-state index is 12.7. The number of fused-ring (bicyclic) bond motifs is 3. The first-order valence-electron chi connectivity index (χ1n) is 10.4. The second-order valence-corrected chi connectivity index (χ2v) is 9.11. The SMILES string of the molecule is CC(C)N(C)CC=CC(=O)N1CCc2c(sc3ncnc(Nc4cccc(O)c4)c23)C1. The summed E-state index contributed by atoms with van der Waals surface area (Å²) >= 11 is 1.61. The molecule has 0 saturated heterocycles. The maximum Gasteiger partial charge on any atom is 0.246 e. The molecule has 1 aromatic carbocycles. The van der Waals surface area contributed by atoms with Crippen LogP contribution in [-0.4, -0.2) is 57.0 Å². The van der Waals surface area contributed by atoms with Crippen molar-refractivity contribution in [2.45, 2.75) is 32.9 Å². The lowest BCUT2D eigenvalue weighted by atomic mass is 10.0. The predicted octanol–water partition coefficient (Wildman–Crippen LogP) is 3.92. The van der Waals surface area contributed by atoms with Gasteiger partial charge in [-0.25, -0.2) is 9.97 Å². The van der Waals surface area contributed by atoms with E-state index in [9.17, 15) is 9.90 Å². The third-order valence-electron chi connectivity index (χ3n) is 5.59. The number of benzene rings is 1. The molecule has 7 nitrogen and oxygen atoms in total. The Kier molecular flexibility index (Phi) is 6.20. The van der Waals surface area contributed by atoms with E-state index >= 15 is 0 Å². The highest BCUT2D eigenvalue weighted by Gasteiger charge is 2.25. The van der Waals surface area contributed by atoms with Crippen molar-refractivity contribution in [3.05, 3.63) is 53.2 Å². The summed E-state index contributed by atoms with van der Waals surface area (Å²) in [5, 5.41) is 14.1. The summed E-state index contributed by atoms with van der Waals surface area (Å²) in [4.78, 5) is 27.7. The van der Waals surface area contributed by atoms with E-state index in [0.29, 0.717) is 19.1 Å². The quantitative estimate of drug-likeness (QED) is 0.569. The topological polar surface area (TPSA) is 81.6 Å². The van der Waals surface area contributed by atoms with Crippen LogP contribution in [0.25, 0.3) is 10.2 Å². The molecule has 31 heavy (non-hydrogen) atoms. The lowest BCUT2D eigenvalue weighted by Gasteiger charge is -2.26. The van der Waals surface area contributed by atoms with Gasteiger partial charge >= 0.3 is 0 Å². The number of nitrogens with zero attached hydrogens (tertiary/aromatic N) is 4. The smallest absolute Gasteiger partial charge is 0.246 e. The van der Waals surface area contributed by atoms with Crippen molar-refractivity contribution in [3.8, 4) is 5.75 Å². The third-order valence-corrected chi connectivity index (χ3v) is 6.72. The number of anilines is 2. The van der Waals surface area contributed by atoms with Gasteiger partial charge in [-0.15, -0.1) is 11.3 Å². The molecule has 8 heteroatoms. The van der Waals surface area contributed by atoms with E-state index in [1.807, 2.05) is 24.1 Å². The Hall–Kier alpha value is -2.97. The Morgan fingerprint density at radius 2 is 2.23 bits per heavy atom. The van der Waals surface area contributed by atoms with Crippen LogP contribution >= 0.6 is 11.3 Å². The Labute approximate surface area is 186 Å². The van der Waals surface area contributed by atoms with Gasteiger partial charge in [0.2, 0.25) is 5.91 Å². The van der Waals surface area contributed by atoms with E-state index in [1.54, 1.807) is 41.9 Å². The maximum absolute atomic E-state index is 12.7. The second-order valence-electron chi connectivity index (χ2n) is 8.03. The van der Waals surface area contributed by atoms with Crippen LogP contribution < -0.4 is 5.32 Å². The van der Waals surface area contributed by atoms with Gasteiger partial charge in [0.1, 0.15) is 22.7 Å². The van der Waals surface area contributed by atoms with Crippen molar-refractivity contribution in [2.24, 2.45) is 0 Å². The van der Waals surface area contributed by atoms with Crippen LogP contribution in [-0.2, 0) is 17.8 Å². The molecule has 2 aromatic heterocycles. The summed E-state index contributed by atoms with van der Waals surface area (Å²) in [5.74, 6) is 0.971. The minimum Gasteiger partial charge on any atom is -0.508 e. The fourth-order valence-corrected chi connectivity index (χ4v) is 4.77. The van der Waals surface area contributed by atoms with Crippen molar-refractivity contribution in [2.75, 3.05) is 25.5 Å². The molecule has 1 amide bonds. The predicted molar refractivity (Wildman–Crippen MR) is 125 cm³/mol. The largest absolute Gasteiger partial charge is 0.508 e. The van der Waals surface area contributed by atoms with E-state index in [4.69, 9.17) is 0 Å². The summed E-state index contributed by atoms with van der Waals surface area (Å²) in [5.41, 5.74) is 1.97. The Morgan fingerprint density at radius 3 is 3.00 bits per heavy atom. The molecule has 0 radical (unpaired) electrons. The first kappa shape index (κ1) is 21.3. The van der Waals surface area contributed by atoms with Crippen LogP contribution in [0.5, 0.6) is 5.75 Å². The lowest BCUT2D eigenvalue weighted by Crippen LogP contribution is -2.34. The molecule has 3 aromatic rings. The fourth-order valence-electron chi connectivity index (χ4n) is 3.57. The summed E-state index contributed by atoms with van der Waals surface area (Å²) in [6, 6.07) is 7.41. The van der Waals surface area contributed by atoms with E-state index in [1.165, 1.54) is 5.56 Å². The van der Waals surface area contributed by atoms with Crippen LogP contribution in [0.3, 0.4) is 0 Å². The Morgan fingerprint density at radius 1 is 1.39 bits per heavy atom. The molecule has 0 bridgehead atoms. The number of aromatic nitrogens is 2. The number of amides is 1. The number of likely N-dealkylation sites (N-methyl/N-ethyl adjacent to an activating group) is 1. The number of carbonyl (C=O) groups excluding carboxylic acids is 1. The van der Waals surface area contributed by atoms with Crippen molar-refractivity contribution >= 4 is 39.0 Å². The number of rotatable bonds is 6. The number of carbonyl (C=O) groups is 1. The molecule has 0 aliphatic carbocycles. The number of phenols is 1. The normalized spacial score (nSPS) is 14.0. The van der Waals surface area contributed by atoms with Gasteiger partial charge in [0, 0.05) is 41.8 Å². The van der Waals surface area contributed by atoms with Crippen LogP contribution in [0.15, 0.2) is 42.7 Å². The van der Waals surface area contributed by atoms with Gasteiger partial charge in [-0.3, -0.25) is 4.79 Å². The van der Waals surface area contributed by atoms with Gasteiger partial charge in [0.05, 0.1) is 11.9 Å². The summed E-state index contributed by atoms with van der Waals surface area (Å²) in [7, 11) is 2.05. The number of hydrogen-bond acceptors (Lipinski definition) is 7. The van der Waals surface area contributed by atoms with E-state index in [2.05, 4.69) is 34.0 Å². The van der Waals surface area contributed by atoms with Crippen molar-refractivity contribution < 1.29 is 9.90 Å². The highest BCUT2D eigenvalue weighted by atomic mass is 32.1. The first-order chi connectivity index (χ1) is 14.9. The highest BCUT2D eigenvalue weighted by Crippen LogP contribution is 2.38. The standard InChI is InChI=1S/C23H27N5O2S/c1-15(2)27(3)10-5-8-20(30)28-11-9-18-19(13-28)31-23-21(18)22(24-14-25-23)26-16-6-4-7-17(29)12-16/h4-8,12,14-15,29H,9-11,13H2,1-3H3,(H,24,25,26). The lowest BCUT2D eigenvalue weighted by molar-refractivity contribution is -0.126. The zero-order valence-electron chi connectivity index (χ0n) is 18.0. The summed E-state index contributed by atoms with van der Waals surface area (Å²) < 4.78 is 0. The van der Waals surface area contributed by atoms with Crippen molar-refractivity contribution in [1.82, 2.24) is 19.8 Å². The number of aromatic hydroxyl groups is 1. The van der Waals surface area contributed by atoms with Crippen LogP contribution in [0.1, 0.15) is 24.3 Å². The van der Waals surface area contributed by atoms with E-state index in [0.717, 1.165) is 39.6 Å². The molecule has 3 heterocycles. The molecular formula is C23H27N5O2S. The van der Waals surface area contributed by atoms with Gasteiger partial charge in [-0.1, -0.05) is 12.1 Å². The Balaban J connectivity index is 1.53. The zero-order valence-corrected chi connectivity index (χ0v) is 18.8. The number of hydrogen-bond donors (Lipinski definition) is 2. The average Bonchev–Trinajstić information content (AvgIpc) is 3.12. The molecule has 0 atom stereocenters. The van der Waals surface area contributed by atoms with Gasteiger partial charge in [-0.05, 0) is 45.0 Å². The summed E-state index contributed by atoms with van der Waals surface area (Å²) in [6.45, 7) is 6.28. The van der Waals surface area contributed by atoms with Crippen LogP contribution in [0, 0.1) is 0 Å². The molecule has 0 unspecified atom stereocenters. The average molecular weight is 438 g/mol. The molecule has 0 saturated carbocycles. The molecule has 2 N–H and O–H groups in total. The van der Waals surface area contributed by atoms with E-state index in [-0.39, 0.29) is 11.7 Å². The highest BCUT2D eigenvalue weighted by molar-refractivity contribution is 7.19. The molecule has 0 spiro atoms. The van der Waals surface area contributed by atoms with Gasteiger partial charge in [0.25, 0.3) is 0 Å². The molecule has 162 valence electrons. The van der Waals surface area contributed by atoms with Crippen LogP contribution in [0.2, 0.25) is 0 Å². The van der Waals surface area contributed by atoms with Crippen LogP contribution in [0.4, 0.5) is 11.5 Å². The van der Waals surface area contributed by atoms with Crippen molar-refractivity contribution in [3.63, 3.8) is 0 Å². The number of nitrogens with one attached hydrogen (secondary N) is 1. The molecule has 1 aliphatic rings.